The van der Waals surface area contributed by atoms with Gasteiger partial charge in [-0.15, -0.1) is 0 Å². The van der Waals surface area contributed by atoms with Crippen LogP contribution in [0.25, 0.3) is 0 Å². The molecule has 6 nitrogen and oxygen atoms in total. The summed E-state index contributed by atoms with van der Waals surface area (Å²) in [6.45, 7) is 7.54. The molecule has 2 aromatic rings. The van der Waals surface area contributed by atoms with Crippen LogP contribution in [0, 0.1) is 18.8 Å². The first-order chi connectivity index (χ1) is 14.8. The third kappa shape index (κ3) is 5.19. The van der Waals surface area contributed by atoms with E-state index >= 15 is 0 Å². The Hall–Kier alpha value is -3.02. The highest BCUT2D eigenvalue weighted by Crippen LogP contribution is 2.39. The van der Waals surface area contributed by atoms with E-state index in [-0.39, 0.29) is 23.7 Å². The first-order valence-electron chi connectivity index (χ1n) is 10.7. The van der Waals surface area contributed by atoms with Crippen molar-refractivity contribution in [2.75, 3.05) is 33.9 Å². The number of benzene rings is 2. The summed E-state index contributed by atoms with van der Waals surface area (Å²) in [5, 5.41) is 3.05. The maximum absolute atomic E-state index is 13.2. The van der Waals surface area contributed by atoms with E-state index in [0.717, 1.165) is 11.1 Å². The molecule has 1 aliphatic rings. The van der Waals surface area contributed by atoms with E-state index in [0.29, 0.717) is 42.6 Å². The lowest BCUT2D eigenvalue weighted by atomic mass is 9.87. The normalized spacial score (nSPS) is 18.2. The number of rotatable bonds is 7. The Labute approximate surface area is 184 Å². The standard InChI is InChI=1S/C25H32N2O4/c1-16(2)13-26-24(28)22-15-27(25(29)18-8-6-17(3)7-9-18)14-21(22)20-11-10-19(30-4)12-23(20)31-5/h6-12,16,21-22H,13-15H2,1-5H3,(H,26,28)/t21-,22+/m1/s1. The molecule has 0 aliphatic carbocycles. The zero-order valence-corrected chi connectivity index (χ0v) is 19.0. The first-order valence-corrected chi connectivity index (χ1v) is 10.7. The lowest BCUT2D eigenvalue weighted by Crippen LogP contribution is -2.37. The van der Waals surface area contributed by atoms with E-state index in [2.05, 4.69) is 19.2 Å². The second kappa shape index (κ2) is 9.86. The number of methoxy groups -OCH3 is 2. The van der Waals surface area contributed by atoms with Gasteiger partial charge in [-0.25, -0.2) is 0 Å². The second-order valence-corrected chi connectivity index (χ2v) is 8.54. The molecule has 2 aromatic carbocycles. The van der Waals surface area contributed by atoms with Crippen LogP contribution in [0.2, 0.25) is 0 Å². The van der Waals surface area contributed by atoms with Crippen LogP contribution in [0.3, 0.4) is 0 Å². The van der Waals surface area contributed by atoms with Crippen molar-refractivity contribution in [1.82, 2.24) is 10.2 Å². The predicted octanol–water partition coefficient (Wildman–Crippen LogP) is 3.64. The van der Waals surface area contributed by atoms with Gasteiger partial charge in [0.05, 0.1) is 20.1 Å². The molecule has 166 valence electrons. The van der Waals surface area contributed by atoms with Crippen LogP contribution in [0.1, 0.15) is 41.3 Å². The Kier molecular flexibility index (Phi) is 7.21. The van der Waals surface area contributed by atoms with E-state index in [9.17, 15) is 9.59 Å². The van der Waals surface area contributed by atoms with Crippen LogP contribution in [0.15, 0.2) is 42.5 Å². The van der Waals surface area contributed by atoms with Gasteiger partial charge < -0.3 is 19.7 Å². The summed E-state index contributed by atoms with van der Waals surface area (Å²) in [5.41, 5.74) is 2.64. The molecule has 3 rings (SSSR count). The van der Waals surface area contributed by atoms with Gasteiger partial charge in [0.2, 0.25) is 5.91 Å². The molecule has 0 bridgehead atoms. The van der Waals surface area contributed by atoms with Crippen molar-refractivity contribution < 1.29 is 19.1 Å². The summed E-state index contributed by atoms with van der Waals surface area (Å²) in [6.07, 6.45) is 0. The summed E-state index contributed by atoms with van der Waals surface area (Å²) < 4.78 is 10.9. The molecule has 1 saturated heterocycles. The van der Waals surface area contributed by atoms with E-state index in [4.69, 9.17) is 9.47 Å². The highest BCUT2D eigenvalue weighted by atomic mass is 16.5. The van der Waals surface area contributed by atoms with Crippen LogP contribution in [0.5, 0.6) is 11.5 Å². The van der Waals surface area contributed by atoms with Crippen LogP contribution in [-0.4, -0.2) is 50.6 Å². The fourth-order valence-corrected chi connectivity index (χ4v) is 3.99. The molecule has 0 spiro atoms. The van der Waals surface area contributed by atoms with Crippen molar-refractivity contribution in [2.24, 2.45) is 11.8 Å². The molecular formula is C25H32N2O4. The van der Waals surface area contributed by atoms with Gasteiger partial charge in [0, 0.05) is 42.7 Å². The van der Waals surface area contributed by atoms with Gasteiger partial charge >= 0.3 is 0 Å². The number of nitrogens with zero attached hydrogens (tertiary/aromatic N) is 1. The minimum Gasteiger partial charge on any atom is -0.497 e. The number of hydrogen-bond donors (Lipinski definition) is 1. The first kappa shape index (κ1) is 22.7. The smallest absolute Gasteiger partial charge is 0.253 e. The third-order valence-corrected chi connectivity index (χ3v) is 5.77. The average molecular weight is 425 g/mol. The lowest BCUT2D eigenvalue weighted by Gasteiger charge is -2.21. The minimum absolute atomic E-state index is 0.0317. The van der Waals surface area contributed by atoms with Gasteiger partial charge in [-0.2, -0.15) is 0 Å². The van der Waals surface area contributed by atoms with E-state index < -0.39 is 0 Å². The number of nitrogens with one attached hydrogen (secondary N) is 1. The molecule has 2 amide bonds. The Balaban J connectivity index is 1.91. The summed E-state index contributed by atoms with van der Waals surface area (Å²) >= 11 is 0. The zero-order valence-electron chi connectivity index (χ0n) is 19.0. The Bertz CT molecular complexity index is 924. The number of carbonyl (C=O) groups is 2. The van der Waals surface area contributed by atoms with Gasteiger partial charge in [-0.1, -0.05) is 37.6 Å². The van der Waals surface area contributed by atoms with Crippen molar-refractivity contribution in [3.05, 3.63) is 59.2 Å². The average Bonchev–Trinajstić information content (AvgIpc) is 3.22. The number of ether oxygens (including phenoxy) is 2. The van der Waals surface area contributed by atoms with Crippen molar-refractivity contribution in [1.29, 1.82) is 0 Å². The van der Waals surface area contributed by atoms with Gasteiger partial charge in [0.1, 0.15) is 11.5 Å². The molecule has 0 radical (unpaired) electrons. The molecule has 1 aliphatic heterocycles. The summed E-state index contributed by atoms with van der Waals surface area (Å²) in [6, 6.07) is 13.2. The monoisotopic (exact) mass is 424 g/mol. The molecule has 1 N–H and O–H groups in total. The number of likely N-dealkylation sites (tertiary alicyclic amines) is 1. The lowest BCUT2D eigenvalue weighted by molar-refractivity contribution is -0.125. The summed E-state index contributed by atoms with van der Waals surface area (Å²) in [4.78, 5) is 28.0. The quantitative estimate of drug-likeness (QED) is 0.737. The van der Waals surface area contributed by atoms with Gasteiger partial charge in [-0.05, 0) is 31.0 Å². The summed E-state index contributed by atoms with van der Waals surface area (Å²) in [5.74, 6) is 1.09. The highest BCUT2D eigenvalue weighted by molar-refractivity contribution is 5.95. The number of amides is 2. The predicted molar refractivity (Wildman–Crippen MR) is 121 cm³/mol. The van der Waals surface area contributed by atoms with Crippen molar-refractivity contribution in [3.63, 3.8) is 0 Å². The van der Waals surface area contributed by atoms with Gasteiger partial charge in [-0.3, -0.25) is 9.59 Å². The molecule has 0 unspecified atom stereocenters. The van der Waals surface area contributed by atoms with Crippen molar-refractivity contribution in [3.8, 4) is 11.5 Å². The van der Waals surface area contributed by atoms with Crippen LogP contribution >= 0.6 is 0 Å². The minimum atomic E-state index is -0.351. The number of carbonyl (C=O) groups excluding carboxylic acids is 2. The van der Waals surface area contributed by atoms with Crippen molar-refractivity contribution >= 4 is 11.8 Å². The maximum Gasteiger partial charge on any atom is 0.253 e. The van der Waals surface area contributed by atoms with E-state index in [1.807, 2.05) is 49.4 Å². The largest absolute Gasteiger partial charge is 0.497 e. The van der Waals surface area contributed by atoms with Crippen molar-refractivity contribution in [2.45, 2.75) is 26.7 Å². The van der Waals surface area contributed by atoms with E-state index in [1.165, 1.54) is 0 Å². The molecule has 31 heavy (non-hydrogen) atoms. The van der Waals surface area contributed by atoms with Gasteiger partial charge in [0.25, 0.3) is 5.91 Å². The fraction of sp³-hybridized carbons (Fsp3) is 0.440. The fourth-order valence-electron chi connectivity index (χ4n) is 3.99. The molecular weight excluding hydrogens is 392 g/mol. The topological polar surface area (TPSA) is 67.9 Å². The van der Waals surface area contributed by atoms with E-state index in [1.54, 1.807) is 19.1 Å². The Morgan fingerprint density at radius 2 is 1.77 bits per heavy atom. The van der Waals surface area contributed by atoms with Gasteiger partial charge in [0.15, 0.2) is 0 Å². The van der Waals surface area contributed by atoms with Crippen LogP contribution in [0.4, 0.5) is 0 Å². The third-order valence-electron chi connectivity index (χ3n) is 5.77. The number of hydrogen-bond acceptors (Lipinski definition) is 4. The molecule has 6 heteroatoms. The Morgan fingerprint density at radius 1 is 1.06 bits per heavy atom. The van der Waals surface area contributed by atoms with Crippen LogP contribution in [-0.2, 0) is 4.79 Å². The molecule has 0 saturated carbocycles. The SMILES string of the molecule is COc1ccc([C@H]2CN(C(=O)c3ccc(C)cc3)C[C@@H]2C(=O)NCC(C)C)c(OC)c1. The Morgan fingerprint density at radius 3 is 2.39 bits per heavy atom. The second-order valence-electron chi connectivity index (χ2n) is 8.54. The van der Waals surface area contributed by atoms with Crippen LogP contribution < -0.4 is 14.8 Å². The molecule has 0 aromatic heterocycles. The molecule has 1 fully saturated rings. The maximum atomic E-state index is 13.2. The number of aryl methyl sites for hydroxylation is 1. The molecule has 1 heterocycles. The highest BCUT2D eigenvalue weighted by Gasteiger charge is 2.41. The molecule has 2 atom stereocenters. The summed E-state index contributed by atoms with van der Waals surface area (Å²) in [7, 11) is 3.21. The zero-order chi connectivity index (χ0) is 22.5.